The minimum absolute atomic E-state index is 0.0523. The second-order valence-electron chi connectivity index (χ2n) is 7.34. The zero-order valence-electron chi connectivity index (χ0n) is 18.0. The van der Waals surface area contributed by atoms with Crippen LogP contribution in [0.25, 0.3) is 0 Å². The normalized spacial score (nSPS) is 15.3. The van der Waals surface area contributed by atoms with E-state index in [-0.39, 0.29) is 24.3 Å². The first-order valence-corrected chi connectivity index (χ1v) is 9.91. The van der Waals surface area contributed by atoms with E-state index in [0.717, 1.165) is 10.6 Å². The Morgan fingerprint density at radius 1 is 1.00 bits per heavy atom. The van der Waals surface area contributed by atoms with Gasteiger partial charge in [0.25, 0.3) is 5.91 Å². The summed E-state index contributed by atoms with van der Waals surface area (Å²) in [7, 11) is 2.92. The van der Waals surface area contributed by atoms with Crippen LogP contribution in [0.15, 0.2) is 42.5 Å². The van der Waals surface area contributed by atoms with Crippen LogP contribution in [0.2, 0.25) is 0 Å². The number of hydrazine groups is 1. The molecule has 1 aliphatic heterocycles. The fraction of sp³-hybridized carbons (Fsp3) is 0.304. The van der Waals surface area contributed by atoms with Gasteiger partial charge in [-0.15, -0.1) is 0 Å². The lowest BCUT2D eigenvalue weighted by atomic mass is 10.1. The molecule has 2 amide bonds. The average Bonchev–Trinajstić information content (AvgIpc) is 3.17. The molecule has 1 aliphatic rings. The lowest BCUT2D eigenvalue weighted by Crippen LogP contribution is -2.43. The quantitative estimate of drug-likeness (QED) is 0.493. The number of aryl methyl sites for hydroxylation is 1. The second kappa shape index (κ2) is 9.95. The van der Waals surface area contributed by atoms with E-state index in [0.29, 0.717) is 17.1 Å². The summed E-state index contributed by atoms with van der Waals surface area (Å²) in [6.45, 7) is 1.44. The van der Waals surface area contributed by atoms with Gasteiger partial charge in [-0.05, 0) is 19.1 Å². The molecule has 0 saturated carbocycles. The maximum atomic E-state index is 12.6. The van der Waals surface area contributed by atoms with Gasteiger partial charge in [0.15, 0.2) is 12.4 Å². The zero-order chi connectivity index (χ0) is 23.3. The molecule has 0 bridgehead atoms. The molecule has 1 fully saturated rings. The Morgan fingerprint density at radius 3 is 2.22 bits per heavy atom. The number of benzene rings is 2. The monoisotopic (exact) mass is 440 g/mol. The van der Waals surface area contributed by atoms with Crippen LogP contribution in [0.1, 0.15) is 32.7 Å². The average molecular weight is 440 g/mol. The van der Waals surface area contributed by atoms with Gasteiger partial charge in [0.2, 0.25) is 5.91 Å². The molecule has 168 valence electrons. The topological polar surface area (TPSA) is 111 Å². The highest BCUT2D eigenvalue weighted by molar-refractivity contribution is 5.99. The number of rotatable bonds is 8. The van der Waals surface area contributed by atoms with Gasteiger partial charge in [-0.25, -0.2) is 0 Å². The molecule has 1 heterocycles. The van der Waals surface area contributed by atoms with Gasteiger partial charge >= 0.3 is 5.97 Å². The molecule has 0 spiro atoms. The van der Waals surface area contributed by atoms with Gasteiger partial charge in [0, 0.05) is 23.6 Å². The number of esters is 1. The molecule has 1 N–H and O–H groups in total. The number of hydrogen-bond donors (Lipinski definition) is 1. The van der Waals surface area contributed by atoms with Crippen LogP contribution in [0.4, 0.5) is 0 Å². The van der Waals surface area contributed by atoms with Gasteiger partial charge in [-0.1, -0.05) is 29.8 Å². The number of nitrogens with zero attached hydrogens (tertiary/aromatic N) is 1. The van der Waals surface area contributed by atoms with Crippen LogP contribution in [0.3, 0.4) is 0 Å². The molecule has 1 saturated heterocycles. The van der Waals surface area contributed by atoms with E-state index in [4.69, 9.17) is 14.2 Å². The molecule has 3 rings (SSSR count). The fourth-order valence-corrected chi connectivity index (χ4v) is 3.18. The predicted octanol–water partition coefficient (Wildman–Crippen LogP) is 1.93. The van der Waals surface area contributed by atoms with Crippen LogP contribution in [0.5, 0.6) is 11.5 Å². The van der Waals surface area contributed by atoms with E-state index in [1.165, 1.54) is 26.4 Å². The van der Waals surface area contributed by atoms with Gasteiger partial charge in [-0.3, -0.25) is 29.6 Å². The predicted molar refractivity (Wildman–Crippen MR) is 113 cm³/mol. The molecule has 9 heteroatoms. The Morgan fingerprint density at radius 2 is 1.62 bits per heavy atom. The van der Waals surface area contributed by atoms with Gasteiger partial charge in [0.1, 0.15) is 11.5 Å². The van der Waals surface area contributed by atoms with Crippen molar-refractivity contribution in [1.29, 1.82) is 0 Å². The first-order valence-electron chi connectivity index (χ1n) is 9.91. The number of carbonyl (C=O) groups is 4. The van der Waals surface area contributed by atoms with Crippen molar-refractivity contribution < 1.29 is 33.4 Å². The number of hydrogen-bond acceptors (Lipinski definition) is 7. The van der Waals surface area contributed by atoms with Crippen molar-refractivity contribution in [2.45, 2.75) is 13.3 Å². The smallest absolute Gasteiger partial charge is 0.311 e. The number of ketones is 1. The Balaban J connectivity index is 1.56. The minimum Gasteiger partial charge on any atom is -0.497 e. The molecule has 2 aromatic rings. The molecule has 32 heavy (non-hydrogen) atoms. The molecular formula is C23H24N2O7. The highest BCUT2D eigenvalue weighted by Gasteiger charge is 2.36. The van der Waals surface area contributed by atoms with Gasteiger partial charge in [-0.2, -0.15) is 0 Å². The van der Waals surface area contributed by atoms with Crippen LogP contribution in [-0.4, -0.2) is 55.9 Å². The standard InChI is InChI=1S/C23H24N2O7/c1-14-4-6-15(7-5-14)20(26)13-32-23(29)17-10-21(27)25(12-17)24-22(28)16-8-18(30-2)11-19(9-16)31-3/h4-9,11,17H,10,12-13H2,1-3H3,(H,24,28). The van der Waals surface area contributed by atoms with E-state index >= 15 is 0 Å². The maximum absolute atomic E-state index is 12.6. The third-order valence-electron chi connectivity index (χ3n) is 5.03. The van der Waals surface area contributed by atoms with E-state index in [1.54, 1.807) is 30.3 Å². The van der Waals surface area contributed by atoms with Crippen LogP contribution in [0, 0.1) is 12.8 Å². The van der Waals surface area contributed by atoms with Crippen molar-refractivity contribution in [2.75, 3.05) is 27.4 Å². The maximum Gasteiger partial charge on any atom is 0.311 e. The van der Waals surface area contributed by atoms with Crippen LogP contribution < -0.4 is 14.9 Å². The summed E-state index contributed by atoms with van der Waals surface area (Å²) in [6, 6.07) is 11.5. The lowest BCUT2D eigenvalue weighted by molar-refractivity contribution is -0.147. The number of Topliss-reactive ketones (excluding diaryl/α,β-unsaturated/α-hetero) is 1. The summed E-state index contributed by atoms with van der Waals surface area (Å²) in [5, 5.41) is 1.07. The van der Waals surface area contributed by atoms with Crippen molar-refractivity contribution >= 4 is 23.6 Å². The van der Waals surface area contributed by atoms with Crippen molar-refractivity contribution in [3.63, 3.8) is 0 Å². The third kappa shape index (κ3) is 5.42. The molecular weight excluding hydrogens is 416 g/mol. The fourth-order valence-electron chi connectivity index (χ4n) is 3.18. The molecule has 0 aliphatic carbocycles. The SMILES string of the molecule is COc1cc(OC)cc(C(=O)NN2CC(C(=O)OCC(=O)c3ccc(C)cc3)CC2=O)c1. The number of ether oxygens (including phenoxy) is 3. The molecule has 0 radical (unpaired) electrons. The van der Waals surface area contributed by atoms with E-state index in [2.05, 4.69) is 5.43 Å². The molecule has 2 aromatic carbocycles. The van der Waals surface area contributed by atoms with E-state index < -0.39 is 30.3 Å². The third-order valence-corrected chi connectivity index (χ3v) is 5.03. The summed E-state index contributed by atoms with van der Waals surface area (Å²) in [6.07, 6.45) is -0.126. The molecule has 0 aromatic heterocycles. The Bertz CT molecular complexity index is 1010. The van der Waals surface area contributed by atoms with E-state index in [9.17, 15) is 19.2 Å². The Labute approximate surface area is 185 Å². The lowest BCUT2D eigenvalue weighted by Gasteiger charge is -2.18. The molecule has 1 unspecified atom stereocenters. The van der Waals surface area contributed by atoms with E-state index in [1.807, 2.05) is 6.92 Å². The van der Waals surface area contributed by atoms with Crippen molar-refractivity contribution in [3.05, 3.63) is 59.2 Å². The highest BCUT2D eigenvalue weighted by atomic mass is 16.5. The van der Waals surface area contributed by atoms with Crippen LogP contribution in [-0.2, 0) is 14.3 Å². The van der Waals surface area contributed by atoms with Crippen molar-refractivity contribution in [1.82, 2.24) is 10.4 Å². The second-order valence-corrected chi connectivity index (χ2v) is 7.34. The zero-order valence-corrected chi connectivity index (χ0v) is 18.0. The Kier molecular flexibility index (Phi) is 7.09. The first kappa shape index (κ1) is 22.8. The van der Waals surface area contributed by atoms with Gasteiger partial charge in [0.05, 0.1) is 26.7 Å². The first-order chi connectivity index (χ1) is 15.3. The highest BCUT2D eigenvalue weighted by Crippen LogP contribution is 2.23. The summed E-state index contributed by atoms with van der Waals surface area (Å²) < 4.78 is 15.4. The van der Waals surface area contributed by atoms with Crippen molar-refractivity contribution in [2.24, 2.45) is 5.92 Å². The number of nitrogens with one attached hydrogen (secondary N) is 1. The molecule has 1 atom stereocenters. The number of carbonyl (C=O) groups excluding carboxylic acids is 4. The summed E-state index contributed by atoms with van der Waals surface area (Å²) in [4.78, 5) is 49.4. The number of amides is 2. The van der Waals surface area contributed by atoms with Crippen LogP contribution >= 0.6 is 0 Å². The summed E-state index contributed by atoms with van der Waals surface area (Å²) in [5.41, 5.74) is 4.16. The summed E-state index contributed by atoms with van der Waals surface area (Å²) >= 11 is 0. The van der Waals surface area contributed by atoms with Crippen molar-refractivity contribution in [3.8, 4) is 11.5 Å². The summed E-state index contributed by atoms with van der Waals surface area (Å²) in [5.74, 6) is -1.94. The Hall–Kier alpha value is -3.88. The largest absolute Gasteiger partial charge is 0.497 e. The number of methoxy groups -OCH3 is 2. The van der Waals surface area contributed by atoms with Gasteiger partial charge < -0.3 is 14.2 Å². The molecule has 9 nitrogen and oxygen atoms in total. The minimum atomic E-state index is -0.784.